The molecule has 0 unspecified atom stereocenters. The van der Waals surface area contributed by atoms with Crippen LogP contribution in [0.4, 0.5) is 34.1 Å². The molecule has 0 bridgehead atoms. The number of fused-ring (bicyclic) bond motifs is 5. The fraction of sp³-hybridized carbons (Fsp3) is 0. The third kappa shape index (κ3) is 4.82. The van der Waals surface area contributed by atoms with Crippen LogP contribution in [0.2, 0.25) is 0 Å². The van der Waals surface area contributed by atoms with Gasteiger partial charge in [-0.3, -0.25) is 0 Å². The predicted octanol–water partition coefficient (Wildman–Crippen LogP) is 14.9. The number of benzene rings is 9. The zero-order chi connectivity index (χ0) is 38.2. The van der Waals surface area contributed by atoms with Crippen molar-refractivity contribution in [3.8, 4) is 5.69 Å². The zero-order valence-electron chi connectivity index (χ0n) is 31.6. The average Bonchev–Trinajstić information content (AvgIpc) is 3.77. The molecular weight excluding hydrogens is 705 g/mol. The number of rotatable bonds is 7. The van der Waals surface area contributed by atoms with Gasteiger partial charge >= 0.3 is 0 Å². The number of aromatic nitrogens is 2. The summed E-state index contributed by atoms with van der Waals surface area (Å²) >= 11 is 0. The summed E-state index contributed by atoms with van der Waals surface area (Å²) in [7, 11) is 0. The molecule has 3 aromatic heterocycles. The fourth-order valence-corrected chi connectivity index (χ4v) is 9.43. The van der Waals surface area contributed by atoms with Gasteiger partial charge in [-0.15, -0.1) is 0 Å². The van der Waals surface area contributed by atoms with Gasteiger partial charge in [0.15, 0.2) is 0 Å². The maximum absolute atomic E-state index is 2.50. The molecule has 4 heteroatoms. The Morgan fingerprint density at radius 1 is 0.276 bits per heavy atom. The number of hydrogen-bond donors (Lipinski definition) is 0. The van der Waals surface area contributed by atoms with Gasteiger partial charge in [0, 0.05) is 66.7 Å². The number of hydrogen-bond acceptors (Lipinski definition) is 2. The van der Waals surface area contributed by atoms with Crippen molar-refractivity contribution in [1.82, 2.24) is 8.97 Å². The van der Waals surface area contributed by atoms with Crippen LogP contribution in [0.15, 0.2) is 218 Å². The molecule has 0 amide bonds. The molecule has 58 heavy (non-hydrogen) atoms. The first-order valence-corrected chi connectivity index (χ1v) is 19.9. The summed E-state index contributed by atoms with van der Waals surface area (Å²) in [5.74, 6) is 0. The van der Waals surface area contributed by atoms with E-state index in [1.807, 2.05) is 0 Å². The van der Waals surface area contributed by atoms with Gasteiger partial charge in [0.25, 0.3) is 0 Å². The van der Waals surface area contributed by atoms with Crippen LogP contribution >= 0.6 is 0 Å². The minimum absolute atomic E-state index is 1.07. The lowest BCUT2D eigenvalue weighted by Gasteiger charge is -2.29. The summed E-state index contributed by atoms with van der Waals surface area (Å²) in [5, 5.41) is 7.65. The van der Waals surface area contributed by atoms with Crippen molar-refractivity contribution >= 4 is 94.0 Å². The topological polar surface area (TPSA) is 15.8 Å². The second kappa shape index (κ2) is 12.9. The van der Waals surface area contributed by atoms with E-state index in [1.165, 1.54) is 59.9 Å². The summed E-state index contributed by atoms with van der Waals surface area (Å²) < 4.78 is 4.96. The molecule has 3 heterocycles. The van der Waals surface area contributed by atoms with Gasteiger partial charge < -0.3 is 18.8 Å². The van der Waals surface area contributed by atoms with Gasteiger partial charge in [-0.05, 0) is 102 Å². The first-order chi connectivity index (χ1) is 28.8. The Bertz CT molecular complexity index is 3420. The maximum Gasteiger partial charge on any atom is 0.0619 e. The van der Waals surface area contributed by atoms with Crippen LogP contribution in [0.1, 0.15) is 0 Å². The predicted molar refractivity (Wildman–Crippen MR) is 245 cm³/mol. The third-order valence-electron chi connectivity index (χ3n) is 11.8. The van der Waals surface area contributed by atoms with E-state index < -0.39 is 0 Å². The monoisotopic (exact) mass is 740 g/mol. The normalized spacial score (nSPS) is 11.8. The van der Waals surface area contributed by atoms with Gasteiger partial charge in [-0.25, -0.2) is 0 Å². The highest BCUT2D eigenvalue weighted by Crippen LogP contribution is 2.45. The molecule has 0 fully saturated rings. The Hall–Kier alpha value is -7.82. The second-order valence-corrected chi connectivity index (χ2v) is 15.0. The molecule has 12 rings (SSSR count). The van der Waals surface area contributed by atoms with Gasteiger partial charge in [0.1, 0.15) is 0 Å². The molecule has 0 N–H and O–H groups in total. The Labute approximate surface area is 335 Å². The first kappa shape index (κ1) is 32.4. The number of anilines is 6. The lowest BCUT2D eigenvalue weighted by Crippen LogP contribution is -2.13. The molecule has 0 aliphatic heterocycles. The molecule has 12 aromatic rings. The van der Waals surface area contributed by atoms with Crippen molar-refractivity contribution in [1.29, 1.82) is 0 Å². The minimum atomic E-state index is 1.07. The lowest BCUT2D eigenvalue weighted by atomic mass is 10.0. The van der Waals surface area contributed by atoms with Crippen molar-refractivity contribution in [3.05, 3.63) is 218 Å². The highest BCUT2D eigenvalue weighted by atomic mass is 15.2. The van der Waals surface area contributed by atoms with E-state index in [0.717, 1.165) is 39.8 Å². The Kier molecular flexibility index (Phi) is 7.20. The molecule has 0 radical (unpaired) electrons. The zero-order valence-corrected chi connectivity index (χ0v) is 31.6. The van der Waals surface area contributed by atoms with Crippen molar-refractivity contribution in [2.75, 3.05) is 9.80 Å². The SMILES string of the molecule is c1ccc(N(c2ccccc2)c2cccc(N(c3ccccc3)c3cccc(-n4c5cccc6c7cccc8c9ccccc9n(c9cccc4c9c65)c78)c3)c2)cc1. The van der Waals surface area contributed by atoms with E-state index >= 15 is 0 Å². The average molecular weight is 741 g/mol. The summed E-state index contributed by atoms with van der Waals surface area (Å²) in [4.78, 5) is 4.69. The molecule has 0 atom stereocenters. The number of para-hydroxylation sites is 5. The molecule has 0 aliphatic carbocycles. The Morgan fingerprint density at radius 2 is 0.690 bits per heavy atom. The van der Waals surface area contributed by atoms with Crippen LogP contribution in [0.25, 0.3) is 65.6 Å². The molecule has 4 nitrogen and oxygen atoms in total. The summed E-state index contributed by atoms with van der Waals surface area (Å²) in [6.45, 7) is 0. The molecule has 0 spiro atoms. The smallest absolute Gasteiger partial charge is 0.0619 e. The highest BCUT2D eigenvalue weighted by molar-refractivity contribution is 6.31. The Morgan fingerprint density at radius 3 is 1.36 bits per heavy atom. The van der Waals surface area contributed by atoms with Gasteiger partial charge in [0.2, 0.25) is 0 Å². The van der Waals surface area contributed by atoms with E-state index in [4.69, 9.17) is 0 Å². The van der Waals surface area contributed by atoms with E-state index in [0.29, 0.717) is 0 Å². The van der Waals surface area contributed by atoms with Crippen molar-refractivity contribution in [2.45, 2.75) is 0 Å². The largest absolute Gasteiger partial charge is 0.310 e. The standard InChI is InChI=1S/C54H36N4/c1-4-17-37(18-5-1)55(38-19-6-2-7-20-38)40-23-12-24-41(35-40)56(39-21-8-3-9-22-39)42-25-13-26-43(36-42)57-49-32-15-28-45-47-30-14-29-46-44-27-10-11-31-48(44)58(54(46)47)51-34-16-33-50(57)53(51)52(45)49/h1-36H. The second-order valence-electron chi connectivity index (χ2n) is 15.0. The number of nitrogens with zero attached hydrogens (tertiary/aromatic N) is 4. The van der Waals surface area contributed by atoms with Crippen molar-refractivity contribution in [2.24, 2.45) is 0 Å². The van der Waals surface area contributed by atoms with Crippen LogP contribution in [0, 0.1) is 0 Å². The summed E-state index contributed by atoms with van der Waals surface area (Å²) in [5.41, 5.74) is 13.7. The minimum Gasteiger partial charge on any atom is -0.310 e. The van der Waals surface area contributed by atoms with Crippen LogP contribution in [-0.4, -0.2) is 8.97 Å². The quantitative estimate of drug-likeness (QED) is 0.162. The van der Waals surface area contributed by atoms with Crippen LogP contribution in [-0.2, 0) is 0 Å². The van der Waals surface area contributed by atoms with Crippen LogP contribution in [0.3, 0.4) is 0 Å². The highest BCUT2D eigenvalue weighted by Gasteiger charge is 2.23. The van der Waals surface area contributed by atoms with Crippen molar-refractivity contribution < 1.29 is 0 Å². The van der Waals surface area contributed by atoms with Gasteiger partial charge in [0.05, 0.1) is 27.6 Å². The Balaban J connectivity index is 1.09. The van der Waals surface area contributed by atoms with Gasteiger partial charge in [-0.2, -0.15) is 0 Å². The summed E-state index contributed by atoms with van der Waals surface area (Å²) in [6, 6.07) is 79.0. The molecule has 0 saturated heterocycles. The van der Waals surface area contributed by atoms with E-state index in [9.17, 15) is 0 Å². The first-order valence-electron chi connectivity index (χ1n) is 19.9. The molecule has 0 saturated carbocycles. The van der Waals surface area contributed by atoms with E-state index in [2.05, 4.69) is 237 Å². The third-order valence-corrected chi connectivity index (χ3v) is 11.8. The summed E-state index contributed by atoms with van der Waals surface area (Å²) in [6.07, 6.45) is 0. The molecule has 0 aliphatic rings. The van der Waals surface area contributed by atoms with E-state index in [-0.39, 0.29) is 0 Å². The lowest BCUT2D eigenvalue weighted by molar-refractivity contribution is 1.17. The van der Waals surface area contributed by atoms with E-state index in [1.54, 1.807) is 0 Å². The van der Waals surface area contributed by atoms with Crippen LogP contribution in [0.5, 0.6) is 0 Å². The maximum atomic E-state index is 2.50. The fourth-order valence-electron chi connectivity index (χ4n) is 9.43. The van der Waals surface area contributed by atoms with Gasteiger partial charge in [-0.1, -0.05) is 121 Å². The van der Waals surface area contributed by atoms with Crippen LogP contribution < -0.4 is 9.80 Å². The molecule has 272 valence electrons. The molecular formula is C54H36N4. The molecule has 9 aromatic carbocycles. The van der Waals surface area contributed by atoms with Crippen molar-refractivity contribution in [3.63, 3.8) is 0 Å².